The molecule has 0 saturated carbocycles. The van der Waals surface area contributed by atoms with Crippen LogP contribution >= 0.6 is 0 Å². The molecule has 0 aromatic heterocycles. The van der Waals surface area contributed by atoms with Crippen LogP contribution in [0.4, 0.5) is 0 Å². The van der Waals surface area contributed by atoms with Crippen LogP contribution in [0.15, 0.2) is 0 Å². The molecule has 1 rings (SSSR count). The first-order chi connectivity index (χ1) is 8.07. The molecule has 0 bridgehead atoms. The monoisotopic (exact) mass is 260 g/mol. The molecule has 0 aromatic rings. The van der Waals surface area contributed by atoms with Crippen molar-refractivity contribution in [3.05, 3.63) is 10.1 Å². The molecule has 0 spiro atoms. The fourth-order valence-electron chi connectivity index (χ4n) is 2.93. The van der Waals surface area contributed by atoms with E-state index in [1.165, 1.54) is 0 Å². The van der Waals surface area contributed by atoms with Crippen LogP contribution in [-0.4, -0.2) is 45.3 Å². The third-order valence-corrected chi connectivity index (χ3v) is 3.85. The molecular weight excluding hydrogens is 240 g/mol. The second-order valence-corrected chi connectivity index (χ2v) is 5.87. The molecule has 18 heavy (non-hydrogen) atoms. The Labute approximate surface area is 106 Å². The number of carboxylic acids is 1. The Bertz CT molecular complexity index is 353. The molecule has 1 aliphatic rings. The Morgan fingerprint density at radius 3 is 2.50 bits per heavy atom. The van der Waals surface area contributed by atoms with Gasteiger partial charge in [-0.25, -0.2) is 0 Å². The van der Waals surface area contributed by atoms with Crippen molar-refractivity contribution in [1.29, 1.82) is 0 Å². The first kappa shape index (κ1) is 14.7. The Balaban J connectivity index is 2.85. The van der Waals surface area contributed by atoms with Crippen LogP contribution in [0.3, 0.4) is 0 Å². The van der Waals surface area contributed by atoms with Crippen molar-refractivity contribution in [2.45, 2.75) is 45.2 Å². The van der Waals surface area contributed by atoms with Crippen molar-refractivity contribution >= 4 is 5.97 Å². The highest BCUT2D eigenvalue weighted by Crippen LogP contribution is 2.44. The van der Waals surface area contributed by atoms with Gasteiger partial charge in [-0.3, -0.25) is 9.69 Å². The van der Waals surface area contributed by atoms with Crippen LogP contribution in [0.5, 0.6) is 0 Å². The molecule has 7 heteroatoms. The van der Waals surface area contributed by atoms with Gasteiger partial charge in [0.15, 0.2) is 0 Å². The van der Waals surface area contributed by atoms with E-state index < -0.39 is 16.6 Å². The Morgan fingerprint density at radius 2 is 2.06 bits per heavy atom. The number of carbonyl (C=O) groups is 1. The number of carboxylic acid groups (broad SMARTS) is 1. The average Bonchev–Trinajstić information content (AvgIpc) is 2.34. The van der Waals surface area contributed by atoms with Crippen molar-refractivity contribution in [3.63, 3.8) is 0 Å². The number of hydrogen-bond donors (Lipinski definition) is 1. The first-order valence-corrected chi connectivity index (χ1v) is 5.84. The lowest BCUT2D eigenvalue weighted by molar-refractivity contribution is -0.759. The molecule has 1 atom stereocenters. The fraction of sp³-hybridized carbons (Fsp3) is 0.909. The highest BCUT2D eigenvalue weighted by atomic mass is 16.9. The molecule has 0 amide bonds. The minimum Gasteiger partial charge on any atom is -0.480 e. The summed E-state index contributed by atoms with van der Waals surface area (Å²) >= 11 is 0. The van der Waals surface area contributed by atoms with E-state index in [0.717, 1.165) is 0 Å². The van der Waals surface area contributed by atoms with E-state index >= 15 is 0 Å². The zero-order valence-electron chi connectivity index (χ0n) is 11.2. The Hall–Kier alpha value is -1.37. The highest BCUT2D eigenvalue weighted by molar-refractivity contribution is 5.69. The van der Waals surface area contributed by atoms with Crippen molar-refractivity contribution in [1.82, 2.24) is 4.90 Å². The molecule has 0 aromatic carbocycles. The van der Waals surface area contributed by atoms with Crippen LogP contribution in [0.25, 0.3) is 0 Å². The van der Waals surface area contributed by atoms with E-state index in [4.69, 9.17) is 5.11 Å². The van der Waals surface area contributed by atoms with Crippen LogP contribution in [0, 0.1) is 16.0 Å². The summed E-state index contributed by atoms with van der Waals surface area (Å²) in [5.41, 5.74) is -0.760. The smallest absolute Gasteiger partial charge is 0.317 e. The molecule has 1 heterocycles. The lowest BCUT2D eigenvalue weighted by Gasteiger charge is -2.40. The zero-order valence-corrected chi connectivity index (χ0v) is 11.2. The van der Waals surface area contributed by atoms with E-state index in [2.05, 4.69) is 4.84 Å². The van der Waals surface area contributed by atoms with E-state index in [0.29, 0.717) is 6.42 Å². The molecule has 7 nitrogen and oxygen atoms in total. The molecule has 0 aliphatic carbocycles. The van der Waals surface area contributed by atoms with E-state index in [9.17, 15) is 14.9 Å². The minimum atomic E-state index is -0.896. The largest absolute Gasteiger partial charge is 0.480 e. The SMILES string of the molecule is CC1(C)CC(CO[N+](=O)[O-])C(C)(C)N1CC(=O)O. The first-order valence-electron chi connectivity index (χ1n) is 5.84. The Kier molecular flexibility index (Phi) is 3.85. The molecule has 1 fully saturated rings. The standard InChI is InChI=1S/C11H20N2O5/c1-10(2)5-8(7-18-13(16)17)11(3,4)12(10)6-9(14)15/h8H,5-7H2,1-4H3,(H,14,15). The predicted molar refractivity (Wildman–Crippen MR) is 63.6 cm³/mol. The molecule has 1 unspecified atom stereocenters. The molecule has 1 saturated heterocycles. The normalized spacial score (nSPS) is 25.9. The molecule has 104 valence electrons. The van der Waals surface area contributed by atoms with Gasteiger partial charge in [-0.2, -0.15) is 0 Å². The van der Waals surface area contributed by atoms with E-state index in [-0.39, 0.29) is 24.6 Å². The maximum atomic E-state index is 10.9. The molecule has 1 N–H and O–H groups in total. The van der Waals surface area contributed by atoms with Gasteiger partial charge < -0.3 is 9.94 Å². The van der Waals surface area contributed by atoms with Gasteiger partial charge in [0.25, 0.3) is 5.09 Å². The Morgan fingerprint density at radius 1 is 1.50 bits per heavy atom. The van der Waals surface area contributed by atoms with Crippen LogP contribution in [0.1, 0.15) is 34.1 Å². The lowest BCUT2D eigenvalue weighted by Crippen LogP contribution is -2.52. The highest BCUT2D eigenvalue weighted by Gasteiger charge is 2.51. The number of nitrogens with zero attached hydrogens (tertiary/aromatic N) is 2. The number of hydrogen-bond acceptors (Lipinski definition) is 5. The summed E-state index contributed by atoms with van der Waals surface area (Å²) in [5, 5.41) is 18.4. The zero-order chi connectivity index (χ0) is 14.1. The van der Waals surface area contributed by atoms with Crippen LogP contribution in [0.2, 0.25) is 0 Å². The summed E-state index contributed by atoms with van der Waals surface area (Å²) < 4.78 is 0. The third-order valence-electron chi connectivity index (χ3n) is 3.85. The van der Waals surface area contributed by atoms with Crippen molar-refractivity contribution in [2.75, 3.05) is 13.2 Å². The summed E-state index contributed by atoms with van der Waals surface area (Å²) in [6.45, 7) is 7.62. The van der Waals surface area contributed by atoms with E-state index in [1.807, 2.05) is 32.6 Å². The number of likely N-dealkylation sites (tertiary alicyclic amines) is 1. The summed E-state index contributed by atoms with van der Waals surface area (Å²) in [5.74, 6) is -0.968. The molecular formula is C11H20N2O5. The quantitative estimate of drug-likeness (QED) is 0.589. The van der Waals surface area contributed by atoms with Gasteiger partial charge >= 0.3 is 5.97 Å². The maximum Gasteiger partial charge on any atom is 0.317 e. The van der Waals surface area contributed by atoms with Gasteiger partial charge in [0.1, 0.15) is 6.61 Å². The van der Waals surface area contributed by atoms with Gasteiger partial charge in [-0.15, -0.1) is 10.1 Å². The van der Waals surface area contributed by atoms with Crippen molar-refractivity contribution in [3.8, 4) is 0 Å². The van der Waals surface area contributed by atoms with Crippen molar-refractivity contribution in [2.24, 2.45) is 5.92 Å². The minimum absolute atomic E-state index is 0.000447. The van der Waals surface area contributed by atoms with Gasteiger partial charge in [0, 0.05) is 17.0 Å². The number of rotatable bonds is 5. The maximum absolute atomic E-state index is 10.9. The van der Waals surface area contributed by atoms with Gasteiger partial charge in [0.05, 0.1) is 6.54 Å². The van der Waals surface area contributed by atoms with Gasteiger partial charge in [0.2, 0.25) is 0 Å². The average molecular weight is 260 g/mol. The summed E-state index contributed by atoms with van der Waals surface area (Å²) in [7, 11) is 0. The van der Waals surface area contributed by atoms with Crippen molar-refractivity contribution < 1.29 is 19.8 Å². The number of aliphatic carboxylic acids is 1. The third kappa shape index (κ3) is 2.90. The topological polar surface area (TPSA) is 92.9 Å². The predicted octanol–water partition coefficient (Wildman–Crippen LogP) is 1.16. The second kappa shape index (κ2) is 4.72. The van der Waals surface area contributed by atoms with Crippen LogP contribution < -0.4 is 0 Å². The van der Waals surface area contributed by atoms with Crippen LogP contribution in [-0.2, 0) is 9.63 Å². The molecule has 0 radical (unpaired) electrons. The lowest BCUT2D eigenvalue weighted by atomic mass is 9.88. The van der Waals surface area contributed by atoms with Gasteiger partial charge in [-0.05, 0) is 34.1 Å². The summed E-state index contributed by atoms with van der Waals surface area (Å²) in [4.78, 5) is 27.5. The second-order valence-electron chi connectivity index (χ2n) is 5.87. The molecule has 1 aliphatic heterocycles. The fourth-order valence-corrected chi connectivity index (χ4v) is 2.93. The van der Waals surface area contributed by atoms with Gasteiger partial charge in [-0.1, -0.05) is 0 Å². The summed E-state index contributed by atoms with van der Waals surface area (Å²) in [6, 6.07) is 0. The summed E-state index contributed by atoms with van der Waals surface area (Å²) in [6.07, 6.45) is 0.668. The van der Waals surface area contributed by atoms with E-state index in [1.54, 1.807) is 0 Å².